The molecule has 2 nitrogen and oxygen atoms in total. The summed E-state index contributed by atoms with van der Waals surface area (Å²) in [5, 5.41) is 0. The van der Waals surface area contributed by atoms with Gasteiger partial charge in [-0.1, -0.05) is 68.5 Å². The Labute approximate surface area is 145 Å². The number of hydrogen-bond acceptors (Lipinski definition) is 2. The Bertz CT molecular complexity index is 763. The van der Waals surface area contributed by atoms with E-state index in [1.54, 1.807) is 0 Å². The second-order valence-corrected chi connectivity index (χ2v) is 7.75. The van der Waals surface area contributed by atoms with Gasteiger partial charge in [-0.2, -0.15) is 0 Å². The maximum atomic E-state index is 2.61. The molecule has 2 unspecified atom stereocenters. The van der Waals surface area contributed by atoms with Crippen molar-refractivity contribution in [2.75, 3.05) is 4.90 Å². The molecule has 0 aliphatic carbocycles. The number of rotatable bonds is 2. The average Bonchev–Trinajstić information content (AvgIpc) is 3.04. The molecule has 2 heteroatoms. The Balaban J connectivity index is 1.87. The van der Waals surface area contributed by atoms with Gasteiger partial charge in [-0.15, -0.1) is 0 Å². The Morgan fingerprint density at radius 2 is 1.58 bits per heavy atom. The van der Waals surface area contributed by atoms with Gasteiger partial charge in [0.25, 0.3) is 0 Å². The second-order valence-electron chi connectivity index (χ2n) is 7.75. The largest absolute Gasteiger partial charge is 0.348 e. The zero-order chi connectivity index (χ0) is 16.9. The minimum absolute atomic E-state index is 0.184. The highest BCUT2D eigenvalue weighted by atomic mass is 15.5. The van der Waals surface area contributed by atoms with Gasteiger partial charge in [-0.25, -0.2) is 0 Å². The monoisotopic (exact) mass is 318 g/mol. The zero-order valence-corrected chi connectivity index (χ0v) is 15.0. The van der Waals surface area contributed by atoms with Gasteiger partial charge < -0.3 is 9.80 Å². The molecule has 0 N–H and O–H groups in total. The number of anilines is 1. The van der Waals surface area contributed by atoms with Crippen molar-refractivity contribution in [3.63, 3.8) is 0 Å². The number of aryl methyl sites for hydroxylation is 1. The van der Waals surface area contributed by atoms with E-state index in [4.69, 9.17) is 0 Å². The number of para-hydroxylation sites is 1. The van der Waals surface area contributed by atoms with Gasteiger partial charge in [0.2, 0.25) is 0 Å². The van der Waals surface area contributed by atoms with E-state index in [0.717, 1.165) is 0 Å². The van der Waals surface area contributed by atoms with Crippen LogP contribution in [0.1, 0.15) is 38.1 Å². The van der Waals surface area contributed by atoms with Crippen LogP contribution in [0.25, 0.3) is 0 Å². The lowest BCUT2D eigenvalue weighted by molar-refractivity contribution is 0.209. The number of fused-ring (bicyclic) bond motifs is 1. The van der Waals surface area contributed by atoms with E-state index in [2.05, 4.69) is 104 Å². The fourth-order valence-corrected chi connectivity index (χ4v) is 4.64. The molecule has 0 amide bonds. The summed E-state index contributed by atoms with van der Waals surface area (Å²) in [6.45, 7) is 9.30. The molecule has 2 aliphatic rings. The van der Waals surface area contributed by atoms with Gasteiger partial charge in [0.15, 0.2) is 0 Å². The number of nitrogens with zero attached hydrogens (tertiary/aromatic N) is 2. The van der Waals surface area contributed by atoms with Crippen molar-refractivity contribution in [3.8, 4) is 0 Å². The summed E-state index contributed by atoms with van der Waals surface area (Å²) in [7, 11) is 0. The zero-order valence-electron chi connectivity index (χ0n) is 15.0. The molecule has 2 aromatic rings. The molecular weight excluding hydrogens is 292 g/mol. The van der Waals surface area contributed by atoms with E-state index in [-0.39, 0.29) is 11.6 Å². The summed E-state index contributed by atoms with van der Waals surface area (Å²) in [5.41, 5.74) is 4.23. The van der Waals surface area contributed by atoms with E-state index in [1.807, 2.05) is 0 Å². The molecule has 2 heterocycles. The van der Waals surface area contributed by atoms with E-state index in [1.165, 1.54) is 16.8 Å². The third-order valence-electron chi connectivity index (χ3n) is 5.69. The van der Waals surface area contributed by atoms with E-state index in [9.17, 15) is 0 Å². The van der Waals surface area contributed by atoms with E-state index in [0.29, 0.717) is 12.1 Å². The standard InChI is InChI=1S/C22H26N2/c1-16-10-8-9-13-19(16)24-17(2)20-22(3,4)14-15-23(20)21(24)18-11-6-5-7-12-18/h5-15,17,20-21H,1-4H3/t17-,20?,21?/m0/s1. The van der Waals surface area contributed by atoms with E-state index >= 15 is 0 Å². The van der Waals surface area contributed by atoms with Crippen LogP contribution in [-0.4, -0.2) is 17.0 Å². The first kappa shape index (κ1) is 15.3. The van der Waals surface area contributed by atoms with Crippen molar-refractivity contribution in [2.24, 2.45) is 5.41 Å². The molecule has 2 aromatic carbocycles. The SMILES string of the molecule is Cc1ccccc1N1C(c2ccccc2)N2C=CC(C)(C)C2[C@@H]1C. The summed E-state index contributed by atoms with van der Waals surface area (Å²) in [5.74, 6) is 0. The van der Waals surface area contributed by atoms with Gasteiger partial charge in [-0.05, 0) is 37.2 Å². The van der Waals surface area contributed by atoms with Crippen LogP contribution < -0.4 is 4.90 Å². The van der Waals surface area contributed by atoms with Crippen LogP contribution in [0.3, 0.4) is 0 Å². The summed E-state index contributed by atoms with van der Waals surface area (Å²) in [6, 6.07) is 20.6. The Hall–Kier alpha value is -2.22. The predicted molar refractivity (Wildman–Crippen MR) is 101 cm³/mol. The van der Waals surface area contributed by atoms with Crippen LogP contribution in [0.15, 0.2) is 66.9 Å². The van der Waals surface area contributed by atoms with Gasteiger partial charge in [0.05, 0.1) is 6.04 Å². The van der Waals surface area contributed by atoms with Gasteiger partial charge in [0.1, 0.15) is 6.17 Å². The summed E-state index contributed by atoms with van der Waals surface area (Å²) < 4.78 is 0. The van der Waals surface area contributed by atoms with Crippen molar-refractivity contribution in [3.05, 3.63) is 78.0 Å². The van der Waals surface area contributed by atoms with Crippen LogP contribution in [0.5, 0.6) is 0 Å². The molecule has 0 bridgehead atoms. The molecule has 0 radical (unpaired) electrons. The highest BCUT2D eigenvalue weighted by Gasteiger charge is 2.52. The maximum Gasteiger partial charge on any atom is 0.128 e. The quantitative estimate of drug-likeness (QED) is 0.757. The van der Waals surface area contributed by atoms with Crippen molar-refractivity contribution in [1.82, 2.24) is 4.90 Å². The van der Waals surface area contributed by atoms with Gasteiger partial charge in [0, 0.05) is 17.1 Å². The average molecular weight is 318 g/mol. The molecule has 0 saturated carbocycles. The minimum atomic E-state index is 0.184. The maximum absolute atomic E-state index is 2.61. The van der Waals surface area contributed by atoms with Crippen LogP contribution >= 0.6 is 0 Å². The number of benzene rings is 2. The lowest BCUT2D eigenvalue weighted by Gasteiger charge is -2.34. The smallest absolute Gasteiger partial charge is 0.128 e. The lowest BCUT2D eigenvalue weighted by Crippen LogP contribution is -2.41. The fourth-order valence-electron chi connectivity index (χ4n) is 4.64. The van der Waals surface area contributed by atoms with Crippen LogP contribution in [0.4, 0.5) is 5.69 Å². The minimum Gasteiger partial charge on any atom is -0.348 e. The highest BCUT2D eigenvalue weighted by Crippen LogP contribution is 2.50. The van der Waals surface area contributed by atoms with Gasteiger partial charge in [-0.3, -0.25) is 0 Å². The topological polar surface area (TPSA) is 6.48 Å². The van der Waals surface area contributed by atoms with Crippen molar-refractivity contribution in [1.29, 1.82) is 0 Å². The molecule has 1 saturated heterocycles. The third-order valence-corrected chi connectivity index (χ3v) is 5.69. The molecule has 124 valence electrons. The van der Waals surface area contributed by atoms with Crippen molar-refractivity contribution < 1.29 is 0 Å². The first-order valence-corrected chi connectivity index (χ1v) is 8.86. The Morgan fingerprint density at radius 3 is 2.29 bits per heavy atom. The lowest BCUT2D eigenvalue weighted by atomic mass is 9.83. The molecule has 4 rings (SSSR count). The molecule has 0 aromatic heterocycles. The van der Waals surface area contributed by atoms with Crippen LogP contribution in [0.2, 0.25) is 0 Å². The number of hydrogen-bond donors (Lipinski definition) is 0. The van der Waals surface area contributed by atoms with Crippen molar-refractivity contribution in [2.45, 2.75) is 45.9 Å². The normalized spacial score (nSPS) is 27.6. The first-order chi connectivity index (χ1) is 11.5. The Kier molecular flexibility index (Phi) is 3.45. The highest BCUT2D eigenvalue weighted by molar-refractivity contribution is 5.58. The molecule has 24 heavy (non-hydrogen) atoms. The third kappa shape index (κ3) is 2.16. The second kappa shape index (κ2) is 5.41. The van der Waals surface area contributed by atoms with Crippen LogP contribution in [-0.2, 0) is 0 Å². The molecule has 0 spiro atoms. The predicted octanol–water partition coefficient (Wildman–Crippen LogP) is 5.13. The molecule has 2 aliphatic heterocycles. The molecule has 1 fully saturated rings. The van der Waals surface area contributed by atoms with Crippen LogP contribution in [0, 0.1) is 12.3 Å². The summed E-state index contributed by atoms with van der Waals surface area (Å²) in [6.07, 6.45) is 4.95. The molecular formula is C22H26N2. The van der Waals surface area contributed by atoms with Gasteiger partial charge >= 0.3 is 0 Å². The molecule has 3 atom stereocenters. The van der Waals surface area contributed by atoms with E-state index < -0.39 is 0 Å². The van der Waals surface area contributed by atoms with Crippen molar-refractivity contribution >= 4 is 5.69 Å². The summed E-state index contributed by atoms with van der Waals surface area (Å²) in [4.78, 5) is 5.17. The first-order valence-electron chi connectivity index (χ1n) is 8.86. The fraction of sp³-hybridized carbons (Fsp3) is 0.364. The summed E-state index contributed by atoms with van der Waals surface area (Å²) >= 11 is 0. The Morgan fingerprint density at radius 1 is 0.917 bits per heavy atom.